The lowest BCUT2D eigenvalue weighted by molar-refractivity contribution is 0.0664. The molecule has 0 spiro atoms. The molecule has 0 unspecified atom stereocenters. The second-order valence-corrected chi connectivity index (χ2v) is 8.53. The van der Waals surface area contributed by atoms with Crippen LogP contribution in [0.25, 0.3) is 22.0 Å². The maximum atomic E-state index is 13.3. The van der Waals surface area contributed by atoms with Gasteiger partial charge in [-0.2, -0.15) is 5.10 Å². The largest absolute Gasteiger partial charge is 0.336 e. The molecule has 5 rings (SSSR count). The van der Waals surface area contributed by atoms with E-state index < -0.39 is 0 Å². The predicted molar refractivity (Wildman–Crippen MR) is 133 cm³/mol. The first kappa shape index (κ1) is 21.6. The van der Waals surface area contributed by atoms with E-state index in [0.717, 1.165) is 46.4 Å². The van der Waals surface area contributed by atoms with Crippen LogP contribution in [0.4, 0.5) is 11.6 Å². The summed E-state index contributed by atoms with van der Waals surface area (Å²) in [5, 5.41) is 8.43. The molecule has 0 aliphatic carbocycles. The van der Waals surface area contributed by atoms with Gasteiger partial charge in [0, 0.05) is 73.4 Å². The Kier molecular flexibility index (Phi) is 5.70. The van der Waals surface area contributed by atoms with Crippen LogP contribution in [0.2, 0.25) is 0 Å². The molecule has 1 fully saturated rings. The number of benzene rings is 2. The standard InChI is InChI=1S/C26H25N7O/c1-4-18-5-6-24-21(11-18)15-27-26(30-24)29-23-13-19(22-16-28-32(3)17-22)12-20(14-23)25(34)33-9-7-31(2)8-10-33/h1,5-6,11-17H,7-10H2,2-3H3,(H,27,29,30). The minimum absolute atomic E-state index is 0.0168. The molecule has 1 N–H and O–H groups in total. The second kappa shape index (κ2) is 8.96. The number of piperazine rings is 1. The van der Waals surface area contributed by atoms with Crippen molar-refractivity contribution < 1.29 is 4.79 Å². The SMILES string of the molecule is C#Cc1ccc2nc(Nc3cc(C(=O)N4CCN(C)CC4)cc(-c4cnn(C)c4)c3)ncc2c1. The number of hydrogen-bond donors (Lipinski definition) is 1. The highest BCUT2D eigenvalue weighted by Gasteiger charge is 2.21. The third-order valence-electron chi connectivity index (χ3n) is 6.01. The summed E-state index contributed by atoms with van der Waals surface area (Å²) < 4.78 is 1.74. The molecule has 0 bridgehead atoms. The number of fused-ring (bicyclic) bond motifs is 1. The van der Waals surface area contributed by atoms with E-state index in [-0.39, 0.29) is 5.91 Å². The Bertz CT molecular complexity index is 1410. The van der Waals surface area contributed by atoms with Crippen molar-refractivity contribution in [2.75, 3.05) is 38.5 Å². The van der Waals surface area contributed by atoms with Crippen molar-refractivity contribution in [1.82, 2.24) is 29.5 Å². The number of anilines is 2. The molecule has 8 heteroatoms. The molecule has 34 heavy (non-hydrogen) atoms. The maximum Gasteiger partial charge on any atom is 0.254 e. The predicted octanol–water partition coefficient (Wildman–Crippen LogP) is 3.14. The highest BCUT2D eigenvalue weighted by Crippen LogP contribution is 2.27. The van der Waals surface area contributed by atoms with Crippen LogP contribution in [0.1, 0.15) is 15.9 Å². The number of carbonyl (C=O) groups is 1. The average Bonchev–Trinajstić information content (AvgIpc) is 3.30. The first-order chi connectivity index (χ1) is 16.5. The first-order valence-electron chi connectivity index (χ1n) is 11.1. The van der Waals surface area contributed by atoms with E-state index in [4.69, 9.17) is 6.42 Å². The summed E-state index contributed by atoms with van der Waals surface area (Å²) in [6.45, 7) is 3.15. The number of aromatic nitrogens is 4. The van der Waals surface area contributed by atoms with Gasteiger partial charge >= 0.3 is 0 Å². The van der Waals surface area contributed by atoms with Crippen molar-refractivity contribution in [2.45, 2.75) is 0 Å². The molecule has 1 saturated heterocycles. The monoisotopic (exact) mass is 451 g/mol. The van der Waals surface area contributed by atoms with Gasteiger partial charge in [-0.1, -0.05) is 5.92 Å². The molecule has 8 nitrogen and oxygen atoms in total. The zero-order valence-electron chi connectivity index (χ0n) is 19.2. The fraction of sp³-hybridized carbons (Fsp3) is 0.231. The molecule has 1 aliphatic heterocycles. The van der Waals surface area contributed by atoms with Crippen LogP contribution in [0, 0.1) is 12.3 Å². The molecule has 0 atom stereocenters. The fourth-order valence-corrected chi connectivity index (χ4v) is 4.06. The molecule has 1 amide bonds. The number of amides is 1. The Morgan fingerprint density at radius 3 is 2.59 bits per heavy atom. The van der Waals surface area contributed by atoms with Crippen LogP contribution in [-0.4, -0.2) is 68.7 Å². The second-order valence-electron chi connectivity index (χ2n) is 8.53. The van der Waals surface area contributed by atoms with Crippen LogP contribution in [0.15, 0.2) is 55.0 Å². The highest BCUT2D eigenvalue weighted by atomic mass is 16.2. The van der Waals surface area contributed by atoms with Crippen LogP contribution in [0.5, 0.6) is 0 Å². The number of likely N-dealkylation sites (N-methyl/N-ethyl adjacent to an activating group) is 1. The van der Waals surface area contributed by atoms with Crippen LogP contribution < -0.4 is 5.32 Å². The number of carbonyl (C=O) groups excluding carboxylic acids is 1. The molecule has 3 heterocycles. The van der Waals surface area contributed by atoms with E-state index in [9.17, 15) is 4.79 Å². The van der Waals surface area contributed by atoms with Gasteiger partial charge in [0.25, 0.3) is 5.91 Å². The minimum Gasteiger partial charge on any atom is -0.336 e. The molecule has 1 aliphatic rings. The lowest BCUT2D eigenvalue weighted by Crippen LogP contribution is -2.47. The minimum atomic E-state index is 0.0168. The Balaban J connectivity index is 1.49. The summed E-state index contributed by atoms with van der Waals surface area (Å²) in [6, 6.07) is 11.4. The van der Waals surface area contributed by atoms with E-state index in [1.807, 2.05) is 54.5 Å². The number of hydrogen-bond acceptors (Lipinski definition) is 6. The molecular weight excluding hydrogens is 426 g/mol. The molecular formula is C26H25N7O. The Morgan fingerprint density at radius 2 is 1.85 bits per heavy atom. The normalized spacial score (nSPS) is 14.2. The van der Waals surface area contributed by atoms with E-state index in [2.05, 4.69) is 38.3 Å². The van der Waals surface area contributed by atoms with Crippen LogP contribution >= 0.6 is 0 Å². The average molecular weight is 452 g/mol. The maximum absolute atomic E-state index is 13.3. The van der Waals surface area contributed by atoms with Gasteiger partial charge in [-0.25, -0.2) is 9.97 Å². The zero-order valence-corrected chi connectivity index (χ0v) is 19.2. The van der Waals surface area contributed by atoms with Gasteiger partial charge in [-0.05, 0) is 49.0 Å². The van der Waals surface area contributed by atoms with Crippen LogP contribution in [-0.2, 0) is 7.05 Å². The van der Waals surface area contributed by atoms with Gasteiger partial charge in [0.2, 0.25) is 5.95 Å². The zero-order chi connectivity index (χ0) is 23.7. The third kappa shape index (κ3) is 4.47. The van der Waals surface area contributed by atoms with Crippen molar-refractivity contribution >= 4 is 28.4 Å². The number of nitrogens with one attached hydrogen (secondary N) is 1. The Morgan fingerprint density at radius 1 is 1.03 bits per heavy atom. The molecule has 0 saturated carbocycles. The summed E-state index contributed by atoms with van der Waals surface area (Å²) >= 11 is 0. The summed E-state index contributed by atoms with van der Waals surface area (Å²) in [7, 11) is 3.94. The van der Waals surface area contributed by atoms with Gasteiger partial charge in [0.15, 0.2) is 0 Å². The van der Waals surface area contributed by atoms with E-state index in [1.165, 1.54) is 0 Å². The Hall–Kier alpha value is -4.22. The first-order valence-corrected chi connectivity index (χ1v) is 11.1. The molecule has 0 radical (unpaired) electrons. The number of rotatable bonds is 4. The fourth-order valence-electron chi connectivity index (χ4n) is 4.06. The molecule has 2 aromatic carbocycles. The van der Waals surface area contributed by atoms with Crippen molar-refractivity contribution in [3.05, 3.63) is 66.1 Å². The topological polar surface area (TPSA) is 79.2 Å². The van der Waals surface area contributed by atoms with E-state index >= 15 is 0 Å². The Labute approximate surface area is 198 Å². The van der Waals surface area contributed by atoms with Crippen molar-refractivity contribution in [3.8, 4) is 23.5 Å². The van der Waals surface area contributed by atoms with E-state index in [1.54, 1.807) is 17.1 Å². The smallest absolute Gasteiger partial charge is 0.254 e. The molecule has 170 valence electrons. The lowest BCUT2D eigenvalue weighted by Gasteiger charge is -2.32. The molecule has 4 aromatic rings. The number of nitrogens with zero attached hydrogens (tertiary/aromatic N) is 6. The summed E-state index contributed by atoms with van der Waals surface area (Å²) in [5.41, 5.74) is 4.75. The van der Waals surface area contributed by atoms with Gasteiger partial charge in [0.1, 0.15) is 0 Å². The van der Waals surface area contributed by atoms with Crippen molar-refractivity contribution in [1.29, 1.82) is 0 Å². The summed E-state index contributed by atoms with van der Waals surface area (Å²) in [4.78, 5) is 26.5. The summed E-state index contributed by atoms with van der Waals surface area (Å²) in [5.74, 6) is 3.09. The van der Waals surface area contributed by atoms with Gasteiger partial charge in [-0.15, -0.1) is 6.42 Å². The third-order valence-corrected chi connectivity index (χ3v) is 6.01. The van der Waals surface area contributed by atoms with Gasteiger partial charge < -0.3 is 15.1 Å². The van der Waals surface area contributed by atoms with Gasteiger partial charge in [-0.3, -0.25) is 9.48 Å². The van der Waals surface area contributed by atoms with E-state index in [0.29, 0.717) is 24.6 Å². The number of aryl methyl sites for hydroxylation is 1. The quantitative estimate of drug-likeness (QED) is 0.480. The number of terminal acetylenes is 1. The highest BCUT2D eigenvalue weighted by molar-refractivity contribution is 5.97. The summed E-state index contributed by atoms with van der Waals surface area (Å²) in [6.07, 6.45) is 11.0. The van der Waals surface area contributed by atoms with Gasteiger partial charge in [0.05, 0.1) is 11.7 Å². The molecule has 2 aromatic heterocycles. The van der Waals surface area contributed by atoms with Crippen molar-refractivity contribution in [2.24, 2.45) is 7.05 Å². The van der Waals surface area contributed by atoms with Crippen LogP contribution in [0.3, 0.4) is 0 Å². The van der Waals surface area contributed by atoms with Crippen molar-refractivity contribution in [3.63, 3.8) is 0 Å². The lowest BCUT2D eigenvalue weighted by atomic mass is 10.0.